The number of rotatable bonds is 6. The zero-order valence-electron chi connectivity index (χ0n) is 12.0. The molecule has 11 nitrogen and oxygen atoms in total. The van der Waals surface area contributed by atoms with E-state index in [1.165, 1.54) is 6.92 Å². The van der Waals surface area contributed by atoms with E-state index >= 15 is 0 Å². The molecule has 0 aliphatic carbocycles. The Kier molecular flexibility index (Phi) is 8.67. The summed E-state index contributed by atoms with van der Waals surface area (Å²) in [4.78, 5) is 60.5. The second-order valence-corrected chi connectivity index (χ2v) is 4.27. The Morgan fingerprint density at radius 2 is 1.41 bits per heavy atom. The van der Waals surface area contributed by atoms with E-state index in [4.69, 9.17) is 16.6 Å². The topological polar surface area (TPSA) is 177 Å². The van der Waals surface area contributed by atoms with E-state index in [0.29, 0.717) is 0 Å². The molecule has 0 saturated heterocycles. The first-order valence-corrected chi connectivity index (χ1v) is 6.17. The maximum Gasteiger partial charge on any atom is 0.383 e. The van der Waals surface area contributed by atoms with Crippen LogP contribution in [0.1, 0.15) is 26.7 Å². The normalized spacial score (nSPS) is 14.2. The van der Waals surface area contributed by atoms with Gasteiger partial charge in [-0.25, -0.2) is 38.7 Å². The third-order valence-electron chi connectivity index (χ3n) is 2.10. The largest absolute Gasteiger partial charge is 0.383 e. The summed E-state index contributed by atoms with van der Waals surface area (Å²) in [6.45, 7) is 2.44. The standard InChI is InChI=1S/C11H18N2O9/c1-5(12)9(16)20-19-8(15)4-3-7(13)11(18)22-21-10(17)6(2)14/h5-7,14H,3-4,12-13H2,1-2H3/t5?,6?,7-/m1/s1. The van der Waals surface area contributed by atoms with Crippen molar-refractivity contribution >= 4 is 23.9 Å². The summed E-state index contributed by atoms with van der Waals surface area (Å²) < 4.78 is 0. The minimum Gasteiger partial charge on any atom is -0.382 e. The number of hydrogen-bond acceptors (Lipinski definition) is 11. The van der Waals surface area contributed by atoms with E-state index in [2.05, 4.69) is 19.6 Å². The zero-order valence-corrected chi connectivity index (χ0v) is 12.0. The summed E-state index contributed by atoms with van der Waals surface area (Å²) >= 11 is 0. The molecule has 0 saturated carbocycles. The summed E-state index contributed by atoms with van der Waals surface area (Å²) in [5, 5.41) is 8.78. The molecule has 22 heavy (non-hydrogen) atoms. The molecule has 0 aromatic carbocycles. The summed E-state index contributed by atoms with van der Waals surface area (Å²) in [7, 11) is 0. The Morgan fingerprint density at radius 1 is 0.909 bits per heavy atom. The Bertz CT molecular complexity index is 422. The number of aliphatic hydroxyl groups is 1. The van der Waals surface area contributed by atoms with Crippen molar-refractivity contribution < 1.29 is 43.8 Å². The van der Waals surface area contributed by atoms with Crippen molar-refractivity contribution in [3.63, 3.8) is 0 Å². The molecule has 11 heteroatoms. The monoisotopic (exact) mass is 322 g/mol. The minimum atomic E-state index is -1.47. The van der Waals surface area contributed by atoms with E-state index in [1.54, 1.807) is 0 Å². The third-order valence-corrected chi connectivity index (χ3v) is 2.10. The molecule has 0 rings (SSSR count). The fourth-order valence-electron chi connectivity index (χ4n) is 0.810. The van der Waals surface area contributed by atoms with Crippen LogP contribution < -0.4 is 11.5 Å². The van der Waals surface area contributed by atoms with Gasteiger partial charge in [0.2, 0.25) is 0 Å². The molecule has 2 unspecified atom stereocenters. The molecular weight excluding hydrogens is 304 g/mol. The van der Waals surface area contributed by atoms with Gasteiger partial charge in [-0.3, -0.25) is 0 Å². The van der Waals surface area contributed by atoms with Crippen LogP contribution in [0.15, 0.2) is 0 Å². The molecule has 0 fully saturated rings. The van der Waals surface area contributed by atoms with Crippen molar-refractivity contribution in [3.8, 4) is 0 Å². The highest BCUT2D eigenvalue weighted by Gasteiger charge is 2.22. The number of carbonyl (C=O) groups excluding carboxylic acids is 4. The van der Waals surface area contributed by atoms with Gasteiger partial charge >= 0.3 is 23.9 Å². The number of carbonyl (C=O) groups is 4. The van der Waals surface area contributed by atoms with Crippen LogP contribution in [0.5, 0.6) is 0 Å². The van der Waals surface area contributed by atoms with Gasteiger partial charge in [-0.05, 0) is 20.3 Å². The summed E-state index contributed by atoms with van der Waals surface area (Å²) in [6, 6.07) is -2.26. The highest BCUT2D eigenvalue weighted by Crippen LogP contribution is 2.01. The van der Waals surface area contributed by atoms with E-state index in [9.17, 15) is 19.2 Å². The van der Waals surface area contributed by atoms with Gasteiger partial charge in [0, 0.05) is 0 Å². The minimum absolute atomic E-state index is 0.223. The van der Waals surface area contributed by atoms with Crippen molar-refractivity contribution in [2.75, 3.05) is 0 Å². The summed E-state index contributed by atoms with van der Waals surface area (Å²) in [5.41, 5.74) is 10.5. The quantitative estimate of drug-likeness (QED) is 0.358. The Balaban J connectivity index is 3.99. The molecule has 0 amide bonds. The van der Waals surface area contributed by atoms with Crippen molar-refractivity contribution in [2.24, 2.45) is 11.5 Å². The van der Waals surface area contributed by atoms with Gasteiger partial charge in [0.15, 0.2) is 6.10 Å². The summed E-state index contributed by atoms with van der Waals surface area (Å²) in [5.74, 6) is -4.21. The van der Waals surface area contributed by atoms with E-state index < -0.39 is 42.1 Å². The first-order valence-electron chi connectivity index (χ1n) is 6.17. The lowest BCUT2D eigenvalue weighted by molar-refractivity contribution is -0.265. The number of aliphatic hydroxyl groups excluding tert-OH is 1. The predicted molar refractivity (Wildman–Crippen MR) is 66.9 cm³/mol. The fourth-order valence-corrected chi connectivity index (χ4v) is 0.810. The van der Waals surface area contributed by atoms with Crippen LogP contribution in [-0.4, -0.2) is 47.2 Å². The Hall–Kier alpha value is -2.24. The van der Waals surface area contributed by atoms with Crippen LogP contribution in [0.4, 0.5) is 0 Å². The molecule has 0 radical (unpaired) electrons. The van der Waals surface area contributed by atoms with Gasteiger partial charge in [-0.15, -0.1) is 0 Å². The number of nitrogens with two attached hydrogens (primary N) is 2. The molecule has 3 atom stereocenters. The highest BCUT2D eigenvalue weighted by atomic mass is 17.2. The van der Waals surface area contributed by atoms with Gasteiger partial charge < -0.3 is 16.6 Å². The van der Waals surface area contributed by atoms with Gasteiger partial charge in [-0.2, -0.15) is 0 Å². The number of hydrogen-bond donors (Lipinski definition) is 3. The zero-order chi connectivity index (χ0) is 17.3. The smallest absolute Gasteiger partial charge is 0.382 e. The molecular formula is C11H18N2O9. The van der Waals surface area contributed by atoms with Gasteiger partial charge in [-0.1, -0.05) is 0 Å². The van der Waals surface area contributed by atoms with Crippen LogP contribution >= 0.6 is 0 Å². The van der Waals surface area contributed by atoms with Crippen molar-refractivity contribution in [3.05, 3.63) is 0 Å². The van der Waals surface area contributed by atoms with E-state index in [-0.39, 0.29) is 12.8 Å². The molecule has 126 valence electrons. The SMILES string of the molecule is CC(N)C(=O)OOC(=O)CC[C@@H](N)C(=O)OOC(=O)C(C)O. The van der Waals surface area contributed by atoms with Crippen LogP contribution in [0.2, 0.25) is 0 Å². The van der Waals surface area contributed by atoms with Crippen LogP contribution in [0.3, 0.4) is 0 Å². The average Bonchev–Trinajstić information content (AvgIpc) is 2.46. The van der Waals surface area contributed by atoms with Crippen LogP contribution in [-0.2, 0) is 38.7 Å². The molecule has 0 aliphatic heterocycles. The maximum atomic E-state index is 11.3. The van der Waals surface area contributed by atoms with Crippen molar-refractivity contribution in [1.82, 2.24) is 0 Å². The predicted octanol–water partition coefficient (Wildman–Crippen LogP) is -2.18. The molecule has 0 heterocycles. The Labute approximate surface area is 125 Å². The lowest BCUT2D eigenvalue weighted by Gasteiger charge is -2.10. The highest BCUT2D eigenvalue weighted by molar-refractivity contribution is 5.79. The second kappa shape index (κ2) is 9.65. The first-order chi connectivity index (χ1) is 10.1. The summed E-state index contributed by atoms with van der Waals surface area (Å²) in [6.07, 6.45) is -2.06. The van der Waals surface area contributed by atoms with Gasteiger partial charge in [0.25, 0.3) is 0 Å². The van der Waals surface area contributed by atoms with Gasteiger partial charge in [0.1, 0.15) is 12.1 Å². The Morgan fingerprint density at radius 3 is 1.91 bits per heavy atom. The molecule has 0 aromatic rings. The van der Waals surface area contributed by atoms with Crippen molar-refractivity contribution in [2.45, 2.75) is 44.9 Å². The lowest BCUT2D eigenvalue weighted by Crippen LogP contribution is -2.34. The van der Waals surface area contributed by atoms with Crippen LogP contribution in [0.25, 0.3) is 0 Å². The molecule has 0 spiro atoms. The fraction of sp³-hybridized carbons (Fsp3) is 0.636. The van der Waals surface area contributed by atoms with Gasteiger partial charge in [0.05, 0.1) is 6.42 Å². The van der Waals surface area contributed by atoms with E-state index in [0.717, 1.165) is 6.92 Å². The first kappa shape index (κ1) is 19.8. The van der Waals surface area contributed by atoms with Crippen molar-refractivity contribution in [1.29, 1.82) is 0 Å². The molecule has 0 aliphatic rings. The average molecular weight is 322 g/mol. The second-order valence-electron chi connectivity index (χ2n) is 4.27. The lowest BCUT2D eigenvalue weighted by atomic mass is 10.2. The molecule has 0 bridgehead atoms. The molecule has 0 aromatic heterocycles. The van der Waals surface area contributed by atoms with E-state index in [1.807, 2.05) is 0 Å². The third kappa shape index (κ3) is 8.14. The maximum absolute atomic E-state index is 11.3. The van der Waals surface area contributed by atoms with Crippen LogP contribution in [0, 0.1) is 0 Å². The molecule has 5 N–H and O–H groups in total.